The van der Waals surface area contributed by atoms with Crippen molar-refractivity contribution in [3.8, 4) is 17.0 Å². The maximum Gasteiger partial charge on any atom is 0.429 e. The molecule has 2 aliphatic heterocycles. The lowest BCUT2D eigenvalue weighted by molar-refractivity contribution is -0.198. The number of carbonyl (C=O) groups is 1. The van der Waals surface area contributed by atoms with Crippen molar-refractivity contribution >= 4 is 45.0 Å². The molecule has 5 rings (SSSR count). The average molecular weight is 655 g/mol. The van der Waals surface area contributed by atoms with E-state index < -0.39 is 40.2 Å². The van der Waals surface area contributed by atoms with E-state index in [2.05, 4.69) is 20.0 Å². The van der Waals surface area contributed by atoms with Crippen LogP contribution >= 0.6 is 11.6 Å². The number of nitrogens with one attached hydrogen (secondary N) is 2. The predicted octanol–water partition coefficient (Wildman–Crippen LogP) is 4.47. The van der Waals surface area contributed by atoms with Gasteiger partial charge in [-0.25, -0.2) is 8.42 Å². The first kappa shape index (κ1) is 31.6. The second kappa shape index (κ2) is 11.9. The van der Waals surface area contributed by atoms with Crippen LogP contribution in [-0.4, -0.2) is 67.6 Å². The number of carboxylic acids is 1. The van der Waals surface area contributed by atoms with Crippen LogP contribution in [0.1, 0.15) is 30.9 Å². The Kier molecular flexibility index (Phi) is 8.57. The Balaban J connectivity index is 1.43. The number of hydrogen-bond acceptors (Lipinski definition) is 9. The number of anilines is 3. The Morgan fingerprint density at radius 2 is 1.93 bits per heavy atom. The van der Waals surface area contributed by atoms with Gasteiger partial charge in [0, 0.05) is 42.0 Å². The second-order valence-corrected chi connectivity index (χ2v) is 13.3. The Bertz CT molecular complexity index is 1670. The summed E-state index contributed by atoms with van der Waals surface area (Å²) in [5.41, 5.74) is 5.94. The van der Waals surface area contributed by atoms with E-state index >= 15 is 0 Å². The Hall–Kier alpha value is -3.82. The fourth-order valence-corrected chi connectivity index (χ4v) is 6.46. The summed E-state index contributed by atoms with van der Waals surface area (Å²) >= 11 is 6.18. The molecule has 5 N–H and O–H groups in total. The lowest BCUT2D eigenvalue weighted by Gasteiger charge is -2.39. The molecule has 1 spiro atoms. The lowest BCUT2D eigenvalue weighted by Crippen LogP contribution is -2.41. The van der Waals surface area contributed by atoms with Gasteiger partial charge in [0.2, 0.25) is 28.0 Å². The molecule has 2 aliphatic rings. The normalized spacial score (nSPS) is 19.1. The number of hydrogen-bond donors (Lipinski definition) is 4. The summed E-state index contributed by atoms with van der Waals surface area (Å²) in [5, 5.41) is 12.6. The van der Waals surface area contributed by atoms with E-state index in [1.807, 2.05) is 4.90 Å². The van der Waals surface area contributed by atoms with Crippen LogP contribution in [0.3, 0.4) is 0 Å². The molecule has 0 aliphatic carbocycles. The number of nitrogens with two attached hydrogens (primary N) is 1. The zero-order valence-electron chi connectivity index (χ0n) is 23.4. The lowest BCUT2D eigenvalue weighted by atomic mass is 9.76. The van der Waals surface area contributed by atoms with Crippen LogP contribution in [0.15, 0.2) is 48.5 Å². The summed E-state index contributed by atoms with van der Waals surface area (Å²) < 4.78 is 75.2. The van der Waals surface area contributed by atoms with E-state index in [0.29, 0.717) is 44.7 Å². The average Bonchev–Trinajstić information content (AvgIpc) is 3.34. The van der Waals surface area contributed by atoms with Crippen molar-refractivity contribution in [1.29, 1.82) is 0 Å². The monoisotopic (exact) mass is 654 g/mol. The van der Waals surface area contributed by atoms with Crippen molar-refractivity contribution in [3.63, 3.8) is 0 Å². The molecule has 16 heteroatoms. The van der Waals surface area contributed by atoms with Crippen LogP contribution in [0.5, 0.6) is 5.88 Å². The first-order chi connectivity index (χ1) is 20.6. The van der Waals surface area contributed by atoms with Gasteiger partial charge in [-0.05, 0) is 60.1 Å². The predicted molar refractivity (Wildman–Crippen MR) is 159 cm³/mol. The van der Waals surface area contributed by atoms with Crippen molar-refractivity contribution in [2.24, 2.45) is 5.41 Å². The van der Waals surface area contributed by atoms with Crippen molar-refractivity contribution in [1.82, 2.24) is 15.3 Å². The molecule has 0 saturated carbocycles. The topological polar surface area (TPSA) is 160 Å². The highest BCUT2D eigenvalue weighted by Gasteiger charge is 2.46. The van der Waals surface area contributed by atoms with Crippen LogP contribution in [0.25, 0.3) is 11.1 Å². The molecule has 2 atom stereocenters. The van der Waals surface area contributed by atoms with Gasteiger partial charge in [0.15, 0.2) is 0 Å². The van der Waals surface area contributed by atoms with Crippen molar-refractivity contribution in [2.45, 2.75) is 37.6 Å². The number of carboxylic acid groups (broad SMARTS) is 1. The van der Waals surface area contributed by atoms with Crippen LogP contribution in [0.4, 0.5) is 30.6 Å². The molecule has 2 aromatic carbocycles. The number of halogens is 4. The van der Waals surface area contributed by atoms with E-state index in [4.69, 9.17) is 22.1 Å². The second-order valence-electron chi connectivity index (χ2n) is 11.1. The third kappa shape index (κ3) is 7.27. The Labute approximate surface area is 256 Å². The minimum atomic E-state index is -4.90. The zero-order chi connectivity index (χ0) is 31.9. The summed E-state index contributed by atoms with van der Waals surface area (Å²) in [6.07, 6.45) is -4.61. The van der Waals surface area contributed by atoms with E-state index in [-0.39, 0.29) is 38.8 Å². The SMILES string of the molecule is CS(=O)(=O)Nc1cccc(-c2cc(Cl)ccc2C(Oc2cc(N3CCC4(CC3)CNC(C(=O)O)C4)nc(N)n2)C(F)(F)F)c1. The van der Waals surface area contributed by atoms with Gasteiger partial charge in [0.25, 0.3) is 0 Å². The molecule has 236 valence electrons. The summed E-state index contributed by atoms with van der Waals surface area (Å²) in [6, 6.07) is 10.4. The van der Waals surface area contributed by atoms with Gasteiger partial charge in [-0.3, -0.25) is 9.52 Å². The summed E-state index contributed by atoms with van der Waals surface area (Å²) in [4.78, 5) is 21.4. The fraction of sp³-hybridized carbons (Fsp3) is 0.393. The van der Waals surface area contributed by atoms with E-state index in [1.54, 1.807) is 0 Å². The zero-order valence-corrected chi connectivity index (χ0v) is 25.0. The number of ether oxygens (including phenoxy) is 1. The number of rotatable bonds is 8. The maximum absolute atomic E-state index is 14.6. The highest BCUT2D eigenvalue weighted by Crippen LogP contribution is 2.43. The molecule has 2 unspecified atom stereocenters. The number of benzene rings is 2. The summed E-state index contributed by atoms with van der Waals surface area (Å²) in [6.45, 7) is 1.56. The van der Waals surface area contributed by atoms with Crippen LogP contribution in [0, 0.1) is 5.41 Å². The van der Waals surface area contributed by atoms with Crippen molar-refractivity contribution < 1.29 is 36.2 Å². The van der Waals surface area contributed by atoms with Gasteiger partial charge in [-0.1, -0.05) is 29.8 Å². The summed E-state index contributed by atoms with van der Waals surface area (Å²) in [7, 11) is -3.64. The molecular weight excluding hydrogens is 625 g/mol. The molecule has 0 radical (unpaired) electrons. The Morgan fingerprint density at radius 3 is 2.57 bits per heavy atom. The van der Waals surface area contributed by atoms with Gasteiger partial charge in [0.1, 0.15) is 11.9 Å². The van der Waals surface area contributed by atoms with Gasteiger partial charge >= 0.3 is 12.1 Å². The van der Waals surface area contributed by atoms with Crippen LogP contribution < -0.4 is 25.4 Å². The van der Waals surface area contributed by atoms with E-state index in [1.165, 1.54) is 48.5 Å². The van der Waals surface area contributed by atoms with Gasteiger partial charge in [-0.2, -0.15) is 23.1 Å². The van der Waals surface area contributed by atoms with Crippen molar-refractivity contribution in [3.05, 3.63) is 59.1 Å². The first-order valence-electron chi connectivity index (χ1n) is 13.6. The number of nitrogens with zero attached hydrogens (tertiary/aromatic N) is 3. The number of piperidine rings is 1. The molecular formula is C28H30ClF3N6O5S. The molecule has 0 bridgehead atoms. The third-order valence-corrected chi connectivity index (χ3v) is 8.67. The molecule has 3 heterocycles. The van der Waals surface area contributed by atoms with Gasteiger partial charge < -0.3 is 25.8 Å². The maximum atomic E-state index is 14.6. The number of alkyl halides is 3. The summed E-state index contributed by atoms with van der Waals surface area (Å²) in [5.74, 6) is -1.27. The number of aromatic nitrogens is 2. The quantitative estimate of drug-likeness (QED) is 0.273. The van der Waals surface area contributed by atoms with Gasteiger partial charge in [0.05, 0.1) is 6.26 Å². The van der Waals surface area contributed by atoms with E-state index in [0.717, 1.165) is 6.26 Å². The molecule has 0 amide bonds. The standard InChI is InChI=1S/C28H30ClF3N6O5S/c1-44(41,42)37-18-4-2-3-16(11-18)20-12-17(29)5-6-19(20)24(28(30,31)32)43-23-13-22(35-26(33)36-23)38-9-7-27(8-10-38)14-21(25(39)40)34-15-27/h2-6,11-13,21,24,34,37H,7-10,14-15H2,1H3,(H,39,40)(H2,33,35,36). The van der Waals surface area contributed by atoms with Gasteiger partial charge in [-0.15, -0.1) is 0 Å². The highest BCUT2D eigenvalue weighted by molar-refractivity contribution is 7.92. The smallest absolute Gasteiger partial charge is 0.429 e. The molecule has 11 nitrogen and oxygen atoms in total. The number of aliphatic carboxylic acids is 1. The fourth-order valence-electron chi connectivity index (χ4n) is 5.73. The van der Waals surface area contributed by atoms with E-state index in [9.17, 15) is 31.5 Å². The minimum absolute atomic E-state index is 0.0744. The molecule has 44 heavy (non-hydrogen) atoms. The molecule has 3 aromatic rings. The number of nitrogen functional groups attached to an aromatic ring is 1. The van der Waals surface area contributed by atoms with Crippen LogP contribution in [0.2, 0.25) is 5.02 Å². The molecule has 2 saturated heterocycles. The number of sulfonamides is 1. The Morgan fingerprint density at radius 1 is 1.20 bits per heavy atom. The minimum Gasteiger partial charge on any atom is -0.480 e. The molecule has 1 aromatic heterocycles. The van der Waals surface area contributed by atoms with Crippen LogP contribution in [-0.2, 0) is 14.8 Å². The first-order valence-corrected chi connectivity index (χ1v) is 15.8. The highest BCUT2D eigenvalue weighted by atomic mass is 35.5. The largest absolute Gasteiger partial charge is 0.480 e. The third-order valence-electron chi connectivity index (χ3n) is 7.82. The van der Waals surface area contributed by atoms with Crippen molar-refractivity contribution in [2.75, 3.05) is 41.2 Å². The molecule has 2 fully saturated rings.